The number of halogens is 6. The Kier molecular flexibility index (Phi) is 3.07. The first-order valence-corrected chi connectivity index (χ1v) is 5.92. The zero-order valence-electron chi connectivity index (χ0n) is 7.48. The lowest BCUT2D eigenvalue weighted by atomic mass is 10.6. The van der Waals surface area contributed by atoms with Gasteiger partial charge >= 0.3 is 10.4 Å². The van der Waals surface area contributed by atoms with Crippen LogP contribution in [0.1, 0.15) is 13.8 Å². The van der Waals surface area contributed by atoms with Crippen LogP contribution in [0.4, 0.5) is 19.4 Å². The lowest BCUT2D eigenvalue weighted by Crippen LogP contribution is -2.27. The smallest absolute Gasteiger partial charge is 0.347 e. The van der Waals surface area contributed by atoms with E-state index in [1.807, 2.05) is 0 Å². The van der Waals surface area contributed by atoms with E-state index in [-0.39, 0.29) is 13.1 Å². The summed E-state index contributed by atoms with van der Waals surface area (Å²) in [6.07, 6.45) is 0. The lowest BCUT2D eigenvalue weighted by molar-refractivity contribution is 0.364. The number of hydrogen-bond acceptors (Lipinski definition) is 1. The molecule has 0 aromatic carbocycles. The second-order valence-electron chi connectivity index (χ2n) is 2.46. The maximum Gasteiger partial charge on any atom is 0.384 e. The highest BCUT2D eigenvalue weighted by Crippen LogP contribution is 2.99. The van der Waals surface area contributed by atoms with Gasteiger partial charge in [0.05, 0.1) is 0 Å². The summed E-state index contributed by atoms with van der Waals surface area (Å²) in [7, 11) is -9.79. The average molecular weight is 261 g/mol. The summed E-state index contributed by atoms with van der Waals surface area (Å²) in [5.74, 6) is 0. The highest BCUT2D eigenvalue weighted by atomic mass is 35.5. The van der Waals surface area contributed by atoms with Crippen LogP contribution in [0.3, 0.4) is 0 Å². The summed E-state index contributed by atoms with van der Waals surface area (Å²) in [6.45, 7) is 3.11. The molecule has 0 fully saturated rings. The molecule has 0 rings (SSSR count). The van der Waals surface area contributed by atoms with Crippen molar-refractivity contribution < 1.29 is 19.4 Å². The number of amidine groups is 1. The largest absolute Gasteiger partial charge is 0.384 e. The maximum atomic E-state index is 11.8. The molecule has 0 radical (unpaired) electrons. The van der Waals surface area contributed by atoms with E-state index in [4.69, 9.17) is 11.6 Å². The van der Waals surface area contributed by atoms with Crippen LogP contribution in [0, 0.1) is 0 Å². The van der Waals surface area contributed by atoms with Gasteiger partial charge in [0.15, 0.2) is 0 Å². The van der Waals surface area contributed by atoms with Crippen molar-refractivity contribution in [3.8, 4) is 0 Å². The first kappa shape index (κ1) is 13.8. The summed E-state index contributed by atoms with van der Waals surface area (Å²) in [5, 5.41) is -1.23. The Labute approximate surface area is 83.6 Å². The first-order chi connectivity index (χ1) is 5.88. The van der Waals surface area contributed by atoms with Crippen molar-refractivity contribution >= 4 is 27.3 Å². The quantitative estimate of drug-likeness (QED) is 0.322. The monoisotopic (exact) mass is 260 g/mol. The van der Waals surface area contributed by atoms with Crippen molar-refractivity contribution in [2.75, 3.05) is 13.1 Å². The standard InChI is InChI=1S/C5H10ClF5N2S/c1-3-13(4-2)5(6)12-14(7,8,9,10)11/h3-4H2,1-2H3/b12-5+. The van der Waals surface area contributed by atoms with E-state index in [1.165, 1.54) is 18.2 Å². The van der Waals surface area contributed by atoms with E-state index in [9.17, 15) is 19.4 Å². The molecule has 0 aromatic heterocycles. The average Bonchev–Trinajstić information content (AvgIpc) is 1.82. The second kappa shape index (κ2) is 3.13. The van der Waals surface area contributed by atoms with Gasteiger partial charge in [0.2, 0.25) is 5.29 Å². The lowest BCUT2D eigenvalue weighted by Gasteiger charge is -2.36. The third-order valence-corrected chi connectivity index (χ3v) is 2.21. The van der Waals surface area contributed by atoms with E-state index in [0.717, 1.165) is 4.90 Å². The SMILES string of the molecule is CCN(CC)/C(Cl)=N/S(F)(F)(F)(F)F. The molecule has 0 N–H and O–H groups in total. The van der Waals surface area contributed by atoms with Gasteiger partial charge < -0.3 is 4.90 Å². The third kappa shape index (κ3) is 6.25. The summed E-state index contributed by atoms with van der Waals surface area (Å²) in [5.41, 5.74) is 0. The summed E-state index contributed by atoms with van der Waals surface area (Å²) < 4.78 is 60.4. The van der Waals surface area contributed by atoms with Gasteiger partial charge in [0, 0.05) is 13.1 Å². The zero-order valence-corrected chi connectivity index (χ0v) is 9.06. The molecule has 0 bridgehead atoms. The maximum absolute atomic E-state index is 11.8. The van der Waals surface area contributed by atoms with Crippen molar-refractivity contribution in [3.05, 3.63) is 0 Å². The van der Waals surface area contributed by atoms with Gasteiger partial charge in [-0.3, -0.25) is 0 Å². The van der Waals surface area contributed by atoms with Crippen molar-refractivity contribution in [2.24, 2.45) is 4.40 Å². The fourth-order valence-corrected chi connectivity index (χ4v) is 1.72. The Balaban J connectivity index is 5.04. The molecule has 0 aromatic rings. The molecular formula is C5H10ClF5N2S. The minimum absolute atomic E-state index is 0.0761. The van der Waals surface area contributed by atoms with Crippen LogP contribution >= 0.6 is 22.0 Å². The fourth-order valence-electron chi connectivity index (χ4n) is 0.685. The molecule has 9 heteroatoms. The predicted octanol–water partition coefficient (Wildman–Crippen LogP) is 4.14. The summed E-state index contributed by atoms with van der Waals surface area (Å²) in [6, 6.07) is 0. The Morgan fingerprint density at radius 1 is 1.14 bits per heavy atom. The minimum atomic E-state index is -9.79. The van der Waals surface area contributed by atoms with Gasteiger partial charge in [0.1, 0.15) is 0 Å². The summed E-state index contributed by atoms with van der Waals surface area (Å²) >= 11 is 5.02. The third-order valence-electron chi connectivity index (χ3n) is 1.27. The van der Waals surface area contributed by atoms with E-state index < -0.39 is 15.7 Å². The van der Waals surface area contributed by atoms with E-state index >= 15 is 0 Å². The number of nitrogens with zero attached hydrogens (tertiary/aromatic N) is 2. The highest BCUT2D eigenvalue weighted by Gasteiger charge is 2.64. The van der Waals surface area contributed by atoms with Gasteiger partial charge in [-0.05, 0) is 25.4 Å². The van der Waals surface area contributed by atoms with Crippen LogP contribution in [0.15, 0.2) is 4.40 Å². The Bertz CT molecular complexity index is 242. The molecule has 0 aliphatic carbocycles. The normalized spacial score (nSPS) is 18.7. The van der Waals surface area contributed by atoms with Gasteiger partial charge in [-0.2, -0.15) is 0 Å². The van der Waals surface area contributed by atoms with Crippen LogP contribution in [-0.2, 0) is 0 Å². The molecule has 14 heavy (non-hydrogen) atoms. The summed E-state index contributed by atoms with van der Waals surface area (Å²) in [4.78, 5) is 0.874. The predicted molar refractivity (Wildman–Crippen MR) is 49.3 cm³/mol. The highest BCUT2D eigenvalue weighted by molar-refractivity contribution is 8.44. The molecule has 0 atom stereocenters. The van der Waals surface area contributed by atoms with E-state index in [0.29, 0.717) is 0 Å². The van der Waals surface area contributed by atoms with Crippen LogP contribution in [-0.4, -0.2) is 23.3 Å². The molecule has 0 saturated carbocycles. The van der Waals surface area contributed by atoms with Gasteiger partial charge in [0.25, 0.3) is 0 Å². The molecule has 88 valence electrons. The van der Waals surface area contributed by atoms with Crippen LogP contribution in [0.25, 0.3) is 0 Å². The van der Waals surface area contributed by atoms with Crippen molar-refractivity contribution in [2.45, 2.75) is 13.8 Å². The zero-order chi connectivity index (χ0) is 11.7. The fraction of sp³-hybridized carbons (Fsp3) is 0.800. The van der Waals surface area contributed by atoms with Crippen molar-refractivity contribution in [3.63, 3.8) is 0 Å². The molecular weight excluding hydrogens is 251 g/mol. The van der Waals surface area contributed by atoms with Gasteiger partial charge in [-0.1, -0.05) is 23.8 Å². The number of rotatable bonds is 3. The molecule has 0 amide bonds. The van der Waals surface area contributed by atoms with Gasteiger partial charge in [-0.25, -0.2) is 0 Å². The van der Waals surface area contributed by atoms with Gasteiger partial charge in [-0.15, -0.1) is 0 Å². The molecule has 0 aliphatic rings. The molecule has 0 aliphatic heterocycles. The van der Waals surface area contributed by atoms with Crippen LogP contribution in [0.5, 0.6) is 0 Å². The molecule has 0 heterocycles. The molecule has 0 spiro atoms. The first-order valence-electron chi connectivity index (χ1n) is 3.64. The Hall–Kier alpha value is -0.240. The second-order valence-corrected chi connectivity index (χ2v) is 4.84. The van der Waals surface area contributed by atoms with E-state index in [2.05, 4.69) is 0 Å². The van der Waals surface area contributed by atoms with E-state index in [1.54, 1.807) is 0 Å². The molecule has 0 unspecified atom stereocenters. The molecule has 0 saturated heterocycles. The minimum Gasteiger partial charge on any atom is -0.347 e. The van der Waals surface area contributed by atoms with Crippen molar-refractivity contribution in [1.29, 1.82) is 0 Å². The number of hydrogen-bond donors (Lipinski definition) is 0. The Morgan fingerprint density at radius 2 is 1.50 bits per heavy atom. The molecule has 2 nitrogen and oxygen atoms in total. The van der Waals surface area contributed by atoms with Crippen molar-refractivity contribution in [1.82, 2.24) is 4.90 Å². The van der Waals surface area contributed by atoms with Crippen LogP contribution in [0.2, 0.25) is 0 Å². The van der Waals surface area contributed by atoms with Crippen LogP contribution < -0.4 is 0 Å². The topological polar surface area (TPSA) is 15.6 Å². The Morgan fingerprint density at radius 3 is 1.71 bits per heavy atom.